The highest BCUT2D eigenvalue weighted by Gasteiger charge is 2.11. The van der Waals surface area contributed by atoms with Gasteiger partial charge in [-0.05, 0) is 42.7 Å². The molecule has 2 amide bonds. The highest BCUT2D eigenvalue weighted by molar-refractivity contribution is 5.80. The van der Waals surface area contributed by atoms with Crippen LogP contribution in [0.2, 0.25) is 0 Å². The third-order valence-corrected chi connectivity index (χ3v) is 5.51. The Balaban J connectivity index is 1.16. The number of urea groups is 1. The minimum atomic E-state index is -0.190. The molecule has 3 N–H and O–H groups in total. The first-order valence-corrected chi connectivity index (χ1v) is 11.1. The first-order valence-electron chi connectivity index (χ1n) is 11.1. The molecule has 0 unspecified atom stereocenters. The van der Waals surface area contributed by atoms with Crippen LogP contribution in [0.3, 0.4) is 0 Å². The number of carbonyl (C=O) groups excluding carboxylic acids is 1. The highest BCUT2D eigenvalue weighted by atomic mass is 16.2. The fraction of sp³-hybridized carbons (Fsp3) is 0.375. The van der Waals surface area contributed by atoms with Crippen LogP contribution in [-0.2, 0) is 6.54 Å². The lowest BCUT2D eigenvalue weighted by Crippen LogP contribution is -2.37. The summed E-state index contributed by atoms with van der Waals surface area (Å²) in [5, 5.41) is 10.1. The van der Waals surface area contributed by atoms with E-state index in [2.05, 4.69) is 36.9 Å². The number of nitrogens with zero attached hydrogens (tertiary/aromatic N) is 3. The van der Waals surface area contributed by atoms with Gasteiger partial charge in [-0.25, -0.2) is 14.8 Å². The Morgan fingerprint density at radius 1 is 0.903 bits per heavy atom. The molecule has 0 bridgehead atoms. The molecule has 1 aromatic carbocycles. The quantitative estimate of drug-likeness (QED) is 0.507. The standard InChI is InChI=1S/C24H30N6O/c31-24(26-14-13-25-22-11-10-20-7-3-4-8-21(20)29-22)28-18-19-9-12-23(27-17-19)30-15-5-1-2-6-16-30/h3-4,7-12,17H,1-2,5-6,13-16,18H2,(H,25,29)(H2,26,28,31). The van der Waals surface area contributed by atoms with Crippen molar-refractivity contribution in [2.45, 2.75) is 32.2 Å². The third kappa shape index (κ3) is 6.07. The van der Waals surface area contributed by atoms with Crippen molar-refractivity contribution in [2.75, 3.05) is 36.4 Å². The Kier molecular flexibility index (Phi) is 7.16. The van der Waals surface area contributed by atoms with Gasteiger partial charge in [0.2, 0.25) is 0 Å². The van der Waals surface area contributed by atoms with Gasteiger partial charge in [-0.3, -0.25) is 0 Å². The summed E-state index contributed by atoms with van der Waals surface area (Å²) >= 11 is 0. The van der Waals surface area contributed by atoms with Crippen molar-refractivity contribution in [3.8, 4) is 0 Å². The zero-order chi connectivity index (χ0) is 21.3. The number of aromatic nitrogens is 2. The van der Waals surface area contributed by atoms with E-state index in [0.717, 1.165) is 41.2 Å². The van der Waals surface area contributed by atoms with E-state index in [-0.39, 0.29) is 6.03 Å². The van der Waals surface area contributed by atoms with E-state index in [4.69, 9.17) is 0 Å². The highest BCUT2D eigenvalue weighted by Crippen LogP contribution is 2.17. The molecule has 0 saturated carbocycles. The number of hydrogen-bond acceptors (Lipinski definition) is 5. The minimum Gasteiger partial charge on any atom is -0.368 e. The molecular formula is C24H30N6O. The van der Waals surface area contributed by atoms with Crippen LogP contribution in [0.15, 0.2) is 54.7 Å². The van der Waals surface area contributed by atoms with Gasteiger partial charge >= 0.3 is 6.03 Å². The first-order chi connectivity index (χ1) is 15.3. The van der Waals surface area contributed by atoms with E-state index in [1.54, 1.807) is 0 Å². The molecule has 7 nitrogen and oxygen atoms in total. The predicted octanol–water partition coefficient (Wildman–Crippen LogP) is 3.92. The summed E-state index contributed by atoms with van der Waals surface area (Å²) in [5.41, 5.74) is 1.95. The van der Waals surface area contributed by atoms with Crippen LogP contribution in [-0.4, -0.2) is 42.2 Å². The van der Waals surface area contributed by atoms with Gasteiger partial charge < -0.3 is 20.9 Å². The molecule has 0 aliphatic carbocycles. The maximum Gasteiger partial charge on any atom is 0.315 e. The van der Waals surface area contributed by atoms with Crippen molar-refractivity contribution >= 4 is 28.6 Å². The van der Waals surface area contributed by atoms with Gasteiger partial charge in [-0.15, -0.1) is 0 Å². The van der Waals surface area contributed by atoms with Crippen molar-refractivity contribution in [1.82, 2.24) is 20.6 Å². The van der Waals surface area contributed by atoms with Crippen LogP contribution in [0, 0.1) is 0 Å². The van der Waals surface area contributed by atoms with Crippen LogP contribution in [0.1, 0.15) is 31.2 Å². The smallest absolute Gasteiger partial charge is 0.315 e. The molecule has 2 aromatic heterocycles. The van der Waals surface area contributed by atoms with E-state index in [0.29, 0.717) is 19.6 Å². The fourth-order valence-corrected chi connectivity index (χ4v) is 3.78. The SMILES string of the molecule is O=C(NCCNc1ccc2ccccc2n1)NCc1ccc(N2CCCCCC2)nc1. The summed E-state index contributed by atoms with van der Waals surface area (Å²) in [6, 6.07) is 15.9. The number of hydrogen-bond donors (Lipinski definition) is 3. The van der Waals surface area contributed by atoms with E-state index >= 15 is 0 Å². The normalized spacial score (nSPS) is 14.1. The minimum absolute atomic E-state index is 0.190. The van der Waals surface area contributed by atoms with Gasteiger partial charge in [-0.1, -0.05) is 37.1 Å². The van der Waals surface area contributed by atoms with Crippen molar-refractivity contribution in [1.29, 1.82) is 0 Å². The van der Waals surface area contributed by atoms with Gasteiger partial charge in [0.1, 0.15) is 11.6 Å². The summed E-state index contributed by atoms with van der Waals surface area (Å²) in [5.74, 6) is 1.83. The number of fused-ring (bicyclic) bond motifs is 1. The molecule has 162 valence electrons. The van der Waals surface area contributed by atoms with Crippen LogP contribution in [0.25, 0.3) is 10.9 Å². The van der Waals surface area contributed by atoms with E-state index < -0.39 is 0 Å². The van der Waals surface area contributed by atoms with E-state index in [9.17, 15) is 4.79 Å². The van der Waals surface area contributed by atoms with Crippen molar-refractivity contribution < 1.29 is 4.79 Å². The summed E-state index contributed by atoms with van der Waals surface area (Å²) in [7, 11) is 0. The number of para-hydroxylation sites is 1. The maximum atomic E-state index is 12.1. The van der Waals surface area contributed by atoms with Crippen LogP contribution in [0.4, 0.5) is 16.4 Å². The second kappa shape index (κ2) is 10.6. The summed E-state index contributed by atoms with van der Waals surface area (Å²) in [6.45, 7) is 3.72. The Labute approximate surface area is 183 Å². The first kappa shape index (κ1) is 20.9. The summed E-state index contributed by atoms with van der Waals surface area (Å²) in [4.78, 5) is 23.6. The molecule has 0 spiro atoms. The van der Waals surface area contributed by atoms with Gasteiger partial charge in [0.15, 0.2) is 0 Å². The number of nitrogens with one attached hydrogen (secondary N) is 3. The Bertz CT molecular complexity index is 983. The third-order valence-electron chi connectivity index (χ3n) is 5.51. The predicted molar refractivity (Wildman–Crippen MR) is 125 cm³/mol. The molecule has 31 heavy (non-hydrogen) atoms. The number of carbonyl (C=O) groups is 1. The molecule has 7 heteroatoms. The molecule has 1 fully saturated rings. The number of pyridine rings is 2. The average molecular weight is 419 g/mol. The molecule has 0 atom stereocenters. The Morgan fingerprint density at radius 2 is 1.74 bits per heavy atom. The van der Waals surface area contributed by atoms with Gasteiger partial charge in [0, 0.05) is 44.3 Å². The second-order valence-electron chi connectivity index (χ2n) is 7.85. The Morgan fingerprint density at radius 3 is 2.55 bits per heavy atom. The molecule has 1 saturated heterocycles. The summed E-state index contributed by atoms with van der Waals surface area (Å²) in [6.07, 6.45) is 6.94. The molecule has 1 aliphatic heterocycles. The average Bonchev–Trinajstić information content (AvgIpc) is 3.10. The lowest BCUT2D eigenvalue weighted by Gasteiger charge is -2.21. The van der Waals surface area contributed by atoms with Crippen LogP contribution >= 0.6 is 0 Å². The molecular weight excluding hydrogens is 388 g/mol. The number of anilines is 2. The van der Waals surface area contributed by atoms with Crippen LogP contribution < -0.4 is 20.9 Å². The van der Waals surface area contributed by atoms with Gasteiger partial charge in [0.25, 0.3) is 0 Å². The topological polar surface area (TPSA) is 82.2 Å². The monoisotopic (exact) mass is 418 g/mol. The number of rotatable bonds is 7. The van der Waals surface area contributed by atoms with Crippen molar-refractivity contribution in [3.05, 3.63) is 60.3 Å². The number of amides is 2. The zero-order valence-corrected chi connectivity index (χ0v) is 17.8. The van der Waals surface area contributed by atoms with E-state index in [1.165, 1.54) is 25.7 Å². The molecule has 4 rings (SSSR count). The fourth-order valence-electron chi connectivity index (χ4n) is 3.78. The summed E-state index contributed by atoms with van der Waals surface area (Å²) < 4.78 is 0. The number of benzene rings is 1. The second-order valence-corrected chi connectivity index (χ2v) is 7.85. The van der Waals surface area contributed by atoms with Crippen molar-refractivity contribution in [2.24, 2.45) is 0 Å². The molecule has 0 radical (unpaired) electrons. The Hall–Kier alpha value is -3.35. The maximum absolute atomic E-state index is 12.1. The largest absolute Gasteiger partial charge is 0.368 e. The van der Waals surface area contributed by atoms with Crippen LogP contribution in [0.5, 0.6) is 0 Å². The molecule has 3 aromatic rings. The molecule has 3 heterocycles. The van der Waals surface area contributed by atoms with Gasteiger partial charge in [-0.2, -0.15) is 0 Å². The lowest BCUT2D eigenvalue weighted by atomic mass is 10.2. The van der Waals surface area contributed by atoms with Crippen molar-refractivity contribution in [3.63, 3.8) is 0 Å². The zero-order valence-electron chi connectivity index (χ0n) is 17.8. The molecule has 1 aliphatic rings. The lowest BCUT2D eigenvalue weighted by molar-refractivity contribution is 0.241. The van der Waals surface area contributed by atoms with E-state index in [1.807, 2.05) is 48.7 Å². The van der Waals surface area contributed by atoms with Gasteiger partial charge in [0.05, 0.1) is 5.52 Å².